The molecule has 0 bridgehead atoms. The number of nitrogens with zero attached hydrogens (tertiary/aromatic N) is 1. The van der Waals surface area contributed by atoms with Gasteiger partial charge in [-0.25, -0.2) is 4.79 Å². The van der Waals surface area contributed by atoms with Gasteiger partial charge >= 0.3 is 12.0 Å². The van der Waals surface area contributed by atoms with Crippen LogP contribution in [0.4, 0.5) is 4.79 Å². The van der Waals surface area contributed by atoms with Crippen molar-refractivity contribution < 1.29 is 14.7 Å². The molecule has 0 spiro atoms. The minimum Gasteiger partial charge on any atom is -0.481 e. The Morgan fingerprint density at radius 3 is 2.85 bits per heavy atom. The van der Waals surface area contributed by atoms with Crippen LogP contribution in [-0.4, -0.2) is 47.7 Å². The summed E-state index contributed by atoms with van der Waals surface area (Å²) >= 11 is 0. The molecule has 13 heavy (non-hydrogen) atoms. The van der Waals surface area contributed by atoms with E-state index in [4.69, 9.17) is 10.8 Å². The van der Waals surface area contributed by atoms with E-state index in [9.17, 15) is 9.59 Å². The summed E-state index contributed by atoms with van der Waals surface area (Å²) in [5, 5.41) is 11.6. The van der Waals surface area contributed by atoms with Crippen LogP contribution in [0.15, 0.2) is 0 Å². The van der Waals surface area contributed by atoms with Gasteiger partial charge in [-0.05, 0) is 0 Å². The summed E-state index contributed by atoms with van der Waals surface area (Å²) < 4.78 is 0. The predicted molar refractivity (Wildman–Crippen MR) is 45.2 cm³/mol. The van der Waals surface area contributed by atoms with Crippen molar-refractivity contribution in [1.29, 1.82) is 0 Å². The molecule has 0 aromatic rings. The number of hydrogen-bond donors (Lipinski definition) is 3. The third-order valence-corrected chi connectivity index (χ3v) is 2.04. The Morgan fingerprint density at radius 2 is 2.31 bits per heavy atom. The number of rotatable bonds is 2. The first-order chi connectivity index (χ1) is 6.11. The number of aliphatic carboxylic acids is 1. The Labute approximate surface area is 75.7 Å². The van der Waals surface area contributed by atoms with Crippen LogP contribution in [0.3, 0.4) is 0 Å². The normalized spacial score (nSPS) is 22.8. The molecule has 0 aromatic carbocycles. The average molecular weight is 187 g/mol. The zero-order chi connectivity index (χ0) is 9.84. The molecule has 74 valence electrons. The molecule has 1 fully saturated rings. The van der Waals surface area contributed by atoms with Crippen molar-refractivity contribution >= 4 is 12.0 Å². The van der Waals surface area contributed by atoms with Gasteiger partial charge in [0.2, 0.25) is 0 Å². The molecule has 1 aliphatic rings. The second kappa shape index (κ2) is 4.08. The molecular formula is C7H13N3O3. The molecule has 1 rings (SSSR count). The third kappa shape index (κ3) is 2.59. The number of piperazine rings is 1. The minimum absolute atomic E-state index is 0.0596. The SMILES string of the molecule is NC(=O)N1CCNCC1CC(=O)O. The molecule has 1 heterocycles. The van der Waals surface area contributed by atoms with Crippen molar-refractivity contribution in [1.82, 2.24) is 10.2 Å². The second-order valence-corrected chi connectivity index (χ2v) is 2.99. The summed E-state index contributed by atoms with van der Waals surface area (Å²) in [6.07, 6.45) is -0.0596. The molecule has 1 aliphatic heterocycles. The van der Waals surface area contributed by atoms with E-state index in [1.807, 2.05) is 0 Å². The minimum atomic E-state index is -0.917. The molecule has 0 saturated carbocycles. The molecule has 0 radical (unpaired) electrons. The van der Waals surface area contributed by atoms with E-state index in [2.05, 4.69) is 5.32 Å². The summed E-state index contributed by atoms with van der Waals surface area (Å²) in [6.45, 7) is 1.64. The number of carboxylic acid groups (broad SMARTS) is 1. The van der Waals surface area contributed by atoms with Gasteiger partial charge in [0.1, 0.15) is 0 Å². The maximum Gasteiger partial charge on any atom is 0.315 e. The molecule has 6 nitrogen and oxygen atoms in total. The summed E-state index contributed by atoms with van der Waals surface area (Å²) in [5.41, 5.74) is 5.10. The van der Waals surface area contributed by atoms with Crippen LogP contribution in [0.2, 0.25) is 0 Å². The number of urea groups is 1. The molecular weight excluding hydrogens is 174 g/mol. The van der Waals surface area contributed by atoms with Crippen LogP contribution < -0.4 is 11.1 Å². The quantitative estimate of drug-likeness (QED) is 0.506. The van der Waals surface area contributed by atoms with Gasteiger partial charge in [-0.3, -0.25) is 4.79 Å². The Bertz CT molecular complexity index is 219. The number of primary amides is 1. The van der Waals surface area contributed by atoms with E-state index in [0.29, 0.717) is 19.6 Å². The number of nitrogens with one attached hydrogen (secondary N) is 1. The van der Waals surface area contributed by atoms with Gasteiger partial charge in [-0.15, -0.1) is 0 Å². The first-order valence-electron chi connectivity index (χ1n) is 4.10. The van der Waals surface area contributed by atoms with Crippen LogP contribution in [-0.2, 0) is 4.79 Å². The zero-order valence-corrected chi connectivity index (χ0v) is 7.19. The average Bonchev–Trinajstić information content (AvgIpc) is 2.03. The first-order valence-corrected chi connectivity index (χ1v) is 4.10. The number of carbonyl (C=O) groups is 2. The number of hydrogen-bond acceptors (Lipinski definition) is 3. The summed E-state index contributed by atoms with van der Waals surface area (Å²) in [4.78, 5) is 22.7. The van der Waals surface area contributed by atoms with Gasteiger partial charge in [0, 0.05) is 19.6 Å². The monoisotopic (exact) mass is 187 g/mol. The van der Waals surface area contributed by atoms with Gasteiger partial charge in [0.25, 0.3) is 0 Å². The van der Waals surface area contributed by atoms with Gasteiger partial charge in [-0.2, -0.15) is 0 Å². The van der Waals surface area contributed by atoms with E-state index in [1.54, 1.807) is 0 Å². The number of nitrogens with two attached hydrogens (primary N) is 1. The molecule has 6 heteroatoms. The topological polar surface area (TPSA) is 95.7 Å². The fraction of sp³-hybridized carbons (Fsp3) is 0.714. The summed E-state index contributed by atoms with van der Waals surface area (Å²) in [5.74, 6) is -0.917. The Hall–Kier alpha value is -1.30. The fourth-order valence-corrected chi connectivity index (χ4v) is 1.44. The largest absolute Gasteiger partial charge is 0.481 e. The number of carbonyl (C=O) groups excluding carboxylic acids is 1. The number of carboxylic acids is 1. The van der Waals surface area contributed by atoms with Gasteiger partial charge in [0.05, 0.1) is 12.5 Å². The van der Waals surface area contributed by atoms with Crippen molar-refractivity contribution in [2.45, 2.75) is 12.5 Å². The van der Waals surface area contributed by atoms with E-state index in [-0.39, 0.29) is 12.5 Å². The Kier molecular flexibility index (Phi) is 3.07. The van der Waals surface area contributed by atoms with Crippen molar-refractivity contribution in [3.63, 3.8) is 0 Å². The maximum atomic E-state index is 10.9. The molecule has 1 atom stereocenters. The van der Waals surface area contributed by atoms with E-state index < -0.39 is 12.0 Å². The maximum absolute atomic E-state index is 10.9. The lowest BCUT2D eigenvalue weighted by Crippen LogP contribution is -2.55. The lowest BCUT2D eigenvalue weighted by Gasteiger charge is -2.33. The molecule has 0 aliphatic carbocycles. The van der Waals surface area contributed by atoms with E-state index >= 15 is 0 Å². The van der Waals surface area contributed by atoms with Crippen LogP contribution in [0, 0.1) is 0 Å². The highest BCUT2D eigenvalue weighted by molar-refractivity contribution is 5.74. The highest BCUT2D eigenvalue weighted by Gasteiger charge is 2.26. The second-order valence-electron chi connectivity index (χ2n) is 2.99. The van der Waals surface area contributed by atoms with Crippen molar-refractivity contribution in [3.05, 3.63) is 0 Å². The number of amides is 2. The zero-order valence-electron chi connectivity index (χ0n) is 7.19. The fourth-order valence-electron chi connectivity index (χ4n) is 1.44. The summed E-state index contributed by atoms with van der Waals surface area (Å²) in [7, 11) is 0. The van der Waals surface area contributed by atoms with Gasteiger partial charge < -0.3 is 21.1 Å². The smallest absolute Gasteiger partial charge is 0.315 e. The van der Waals surface area contributed by atoms with Crippen LogP contribution in [0.1, 0.15) is 6.42 Å². The van der Waals surface area contributed by atoms with Crippen molar-refractivity contribution in [3.8, 4) is 0 Å². The highest BCUT2D eigenvalue weighted by Crippen LogP contribution is 2.06. The highest BCUT2D eigenvalue weighted by atomic mass is 16.4. The lowest BCUT2D eigenvalue weighted by molar-refractivity contribution is -0.138. The standard InChI is InChI=1S/C7H13N3O3/c8-7(13)10-2-1-9-4-5(10)3-6(11)12/h5,9H,1-4H2,(H2,8,13)(H,11,12). The van der Waals surface area contributed by atoms with Crippen LogP contribution in [0.25, 0.3) is 0 Å². The van der Waals surface area contributed by atoms with Gasteiger partial charge in [-0.1, -0.05) is 0 Å². The first kappa shape index (κ1) is 9.79. The molecule has 1 saturated heterocycles. The predicted octanol–water partition coefficient (Wildman–Crippen LogP) is -1.19. The van der Waals surface area contributed by atoms with Gasteiger partial charge in [0.15, 0.2) is 0 Å². The Balaban J connectivity index is 2.56. The van der Waals surface area contributed by atoms with E-state index in [0.717, 1.165) is 0 Å². The van der Waals surface area contributed by atoms with Crippen molar-refractivity contribution in [2.24, 2.45) is 5.73 Å². The lowest BCUT2D eigenvalue weighted by atomic mass is 10.1. The Morgan fingerprint density at radius 1 is 1.62 bits per heavy atom. The summed E-state index contributed by atoms with van der Waals surface area (Å²) in [6, 6.07) is -0.864. The molecule has 1 unspecified atom stereocenters. The van der Waals surface area contributed by atoms with Crippen molar-refractivity contribution in [2.75, 3.05) is 19.6 Å². The molecule has 0 aromatic heterocycles. The van der Waals surface area contributed by atoms with E-state index in [1.165, 1.54) is 4.90 Å². The van der Waals surface area contributed by atoms with Crippen LogP contribution >= 0.6 is 0 Å². The third-order valence-electron chi connectivity index (χ3n) is 2.04. The molecule has 2 amide bonds. The van der Waals surface area contributed by atoms with Crippen LogP contribution in [0.5, 0.6) is 0 Å². The molecule has 4 N–H and O–H groups in total.